The van der Waals surface area contributed by atoms with Crippen LogP contribution in [0.4, 0.5) is 8.78 Å². The number of sulfonamides is 1. The van der Waals surface area contributed by atoms with Crippen LogP contribution in [0.3, 0.4) is 0 Å². The van der Waals surface area contributed by atoms with Gasteiger partial charge in [0, 0.05) is 13.1 Å². The highest BCUT2D eigenvalue weighted by atomic mass is 32.2. The third-order valence-electron chi connectivity index (χ3n) is 2.76. The van der Waals surface area contributed by atoms with Crippen molar-refractivity contribution >= 4 is 16.0 Å². The first kappa shape index (κ1) is 13.3. The molecule has 0 aliphatic carbocycles. The van der Waals surface area contributed by atoms with Gasteiger partial charge in [-0.3, -0.25) is 4.79 Å². The van der Waals surface area contributed by atoms with E-state index in [2.05, 4.69) is 0 Å². The number of rotatable bonds is 3. The minimum absolute atomic E-state index is 0.0461. The third kappa shape index (κ3) is 2.32. The molecule has 1 rings (SSSR count). The number of piperidine rings is 1. The van der Waals surface area contributed by atoms with E-state index >= 15 is 0 Å². The van der Waals surface area contributed by atoms with Gasteiger partial charge in [-0.2, -0.15) is 13.1 Å². The molecule has 1 atom stereocenters. The summed E-state index contributed by atoms with van der Waals surface area (Å²) in [5, 5.41) is 8.91. The molecule has 1 fully saturated rings. The highest BCUT2D eigenvalue weighted by molar-refractivity contribution is 7.89. The maximum absolute atomic E-state index is 12.3. The third-order valence-corrected chi connectivity index (χ3v) is 4.24. The van der Waals surface area contributed by atoms with Crippen molar-refractivity contribution in [3.05, 3.63) is 0 Å². The molecule has 0 aromatic carbocycles. The Balaban J connectivity index is 2.91. The van der Waals surface area contributed by atoms with E-state index in [0.717, 1.165) is 0 Å². The first-order chi connectivity index (χ1) is 7.20. The lowest BCUT2D eigenvalue weighted by atomic mass is 9.83. The summed E-state index contributed by atoms with van der Waals surface area (Å²) in [7, 11) is -4.67. The topological polar surface area (TPSA) is 74.7 Å². The fourth-order valence-electron chi connectivity index (χ4n) is 1.70. The molecule has 0 saturated carbocycles. The molecule has 5 nitrogen and oxygen atoms in total. The minimum atomic E-state index is -4.67. The molecule has 0 aromatic heterocycles. The quantitative estimate of drug-likeness (QED) is 0.808. The van der Waals surface area contributed by atoms with Gasteiger partial charge in [0.05, 0.1) is 5.41 Å². The van der Waals surface area contributed by atoms with E-state index in [4.69, 9.17) is 5.11 Å². The summed E-state index contributed by atoms with van der Waals surface area (Å²) in [5.74, 6) is -4.66. The van der Waals surface area contributed by atoms with E-state index in [0.29, 0.717) is 4.31 Å². The number of carbonyl (C=O) groups is 1. The van der Waals surface area contributed by atoms with E-state index in [1.807, 2.05) is 0 Å². The van der Waals surface area contributed by atoms with Gasteiger partial charge in [0.15, 0.2) is 0 Å². The van der Waals surface area contributed by atoms with Gasteiger partial charge in [0.25, 0.3) is 10.0 Å². The summed E-state index contributed by atoms with van der Waals surface area (Å²) < 4.78 is 47.5. The molecule has 1 N–H and O–H groups in total. The molecule has 0 spiro atoms. The summed E-state index contributed by atoms with van der Waals surface area (Å²) in [6.45, 7) is 0.924. The molecule has 0 amide bonds. The Morgan fingerprint density at radius 1 is 1.50 bits per heavy atom. The van der Waals surface area contributed by atoms with Crippen molar-refractivity contribution in [3.63, 3.8) is 0 Å². The number of halogens is 2. The summed E-state index contributed by atoms with van der Waals surface area (Å²) in [6, 6.07) is 0. The van der Waals surface area contributed by atoms with E-state index < -0.39 is 33.7 Å². The Kier molecular flexibility index (Phi) is 3.53. The summed E-state index contributed by atoms with van der Waals surface area (Å²) in [4.78, 5) is 10.9. The molecule has 0 aromatic rings. The lowest BCUT2D eigenvalue weighted by Gasteiger charge is -2.36. The van der Waals surface area contributed by atoms with E-state index in [9.17, 15) is 22.0 Å². The average molecular weight is 257 g/mol. The molecule has 0 radical (unpaired) electrons. The zero-order chi connectivity index (χ0) is 12.6. The average Bonchev–Trinajstić information content (AvgIpc) is 2.17. The van der Waals surface area contributed by atoms with E-state index in [-0.39, 0.29) is 19.4 Å². The fourth-order valence-corrected chi connectivity index (χ4v) is 2.77. The molecule has 1 heterocycles. The first-order valence-electron chi connectivity index (χ1n) is 4.71. The van der Waals surface area contributed by atoms with Crippen molar-refractivity contribution in [1.82, 2.24) is 4.31 Å². The van der Waals surface area contributed by atoms with Gasteiger partial charge in [-0.05, 0) is 19.8 Å². The molecule has 94 valence electrons. The Morgan fingerprint density at radius 3 is 2.50 bits per heavy atom. The Hall–Kier alpha value is -0.760. The molecule has 0 bridgehead atoms. The highest BCUT2D eigenvalue weighted by Crippen LogP contribution is 2.32. The van der Waals surface area contributed by atoms with Gasteiger partial charge in [-0.15, -0.1) is 0 Å². The Labute approximate surface area is 92.1 Å². The molecule has 1 aliphatic rings. The zero-order valence-electron chi connectivity index (χ0n) is 8.69. The number of alkyl halides is 2. The maximum atomic E-state index is 12.3. The molecule has 1 saturated heterocycles. The van der Waals surface area contributed by atoms with Crippen LogP contribution < -0.4 is 0 Å². The molecule has 1 aliphatic heterocycles. The first-order valence-corrected chi connectivity index (χ1v) is 6.21. The van der Waals surface area contributed by atoms with Gasteiger partial charge in [-0.25, -0.2) is 8.42 Å². The normalized spacial score (nSPS) is 28.2. The lowest BCUT2D eigenvalue weighted by Crippen LogP contribution is -2.49. The predicted molar refractivity (Wildman–Crippen MR) is 51.5 cm³/mol. The van der Waals surface area contributed by atoms with Gasteiger partial charge >= 0.3 is 11.7 Å². The monoisotopic (exact) mass is 257 g/mol. The van der Waals surface area contributed by atoms with Gasteiger partial charge in [0.1, 0.15) is 0 Å². The number of nitrogens with zero attached hydrogens (tertiary/aromatic N) is 1. The van der Waals surface area contributed by atoms with E-state index in [1.54, 1.807) is 0 Å². The molecule has 1 unspecified atom stereocenters. The van der Waals surface area contributed by atoms with Crippen LogP contribution in [0, 0.1) is 5.41 Å². The number of carboxylic acids is 1. The van der Waals surface area contributed by atoms with Crippen LogP contribution in [0.5, 0.6) is 0 Å². The number of hydrogen-bond acceptors (Lipinski definition) is 3. The van der Waals surface area contributed by atoms with Crippen LogP contribution in [-0.4, -0.2) is 42.6 Å². The largest absolute Gasteiger partial charge is 0.481 e. The van der Waals surface area contributed by atoms with Crippen LogP contribution in [0.15, 0.2) is 0 Å². The standard InChI is InChI=1S/C8H13F2NO4S/c1-8(6(12)13)3-2-4-11(5-8)16(14,15)7(9)10/h7H,2-5H2,1H3,(H,12,13). The Morgan fingerprint density at radius 2 is 2.06 bits per heavy atom. The minimum Gasteiger partial charge on any atom is -0.481 e. The SMILES string of the molecule is CC1(C(=O)O)CCCN(S(=O)(=O)C(F)F)C1. The van der Waals surface area contributed by atoms with Crippen molar-refractivity contribution < 1.29 is 27.1 Å². The molecular weight excluding hydrogens is 244 g/mol. The summed E-state index contributed by atoms with van der Waals surface area (Å²) in [6.07, 6.45) is 0.562. The molecular formula is C8H13F2NO4S. The molecule has 16 heavy (non-hydrogen) atoms. The van der Waals surface area contributed by atoms with Crippen molar-refractivity contribution in [3.8, 4) is 0 Å². The van der Waals surface area contributed by atoms with Crippen LogP contribution in [0.1, 0.15) is 19.8 Å². The second-order valence-corrected chi connectivity index (χ2v) is 6.01. The maximum Gasteiger partial charge on any atom is 0.350 e. The fraction of sp³-hybridized carbons (Fsp3) is 0.875. The summed E-state index contributed by atoms with van der Waals surface area (Å²) >= 11 is 0. The van der Waals surface area contributed by atoms with Crippen molar-refractivity contribution in [2.75, 3.05) is 13.1 Å². The second kappa shape index (κ2) is 4.25. The predicted octanol–water partition coefficient (Wildman–Crippen LogP) is 0.726. The number of carboxylic acid groups (broad SMARTS) is 1. The van der Waals surface area contributed by atoms with Gasteiger partial charge < -0.3 is 5.11 Å². The van der Waals surface area contributed by atoms with Crippen LogP contribution in [0.2, 0.25) is 0 Å². The summed E-state index contributed by atoms with van der Waals surface area (Å²) in [5.41, 5.74) is -1.28. The smallest absolute Gasteiger partial charge is 0.350 e. The zero-order valence-corrected chi connectivity index (χ0v) is 9.51. The van der Waals surface area contributed by atoms with Crippen molar-refractivity contribution in [2.45, 2.75) is 25.5 Å². The van der Waals surface area contributed by atoms with Crippen LogP contribution in [0.25, 0.3) is 0 Å². The Bertz CT molecular complexity index is 383. The number of hydrogen-bond donors (Lipinski definition) is 1. The molecule has 8 heteroatoms. The van der Waals surface area contributed by atoms with Crippen LogP contribution in [-0.2, 0) is 14.8 Å². The van der Waals surface area contributed by atoms with Gasteiger partial charge in [0.2, 0.25) is 0 Å². The van der Waals surface area contributed by atoms with Crippen molar-refractivity contribution in [2.24, 2.45) is 5.41 Å². The van der Waals surface area contributed by atoms with Gasteiger partial charge in [-0.1, -0.05) is 0 Å². The van der Waals surface area contributed by atoms with E-state index in [1.165, 1.54) is 6.92 Å². The second-order valence-electron chi connectivity index (χ2n) is 4.11. The van der Waals surface area contributed by atoms with Crippen molar-refractivity contribution in [1.29, 1.82) is 0 Å². The van der Waals surface area contributed by atoms with Crippen LogP contribution >= 0.6 is 0 Å². The highest BCUT2D eigenvalue weighted by Gasteiger charge is 2.44. The number of aliphatic carboxylic acids is 1. The lowest BCUT2D eigenvalue weighted by molar-refractivity contribution is -0.150.